The first-order chi connectivity index (χ1) is 14.3. The Bertz CT molecular complexity index is 1080. The van der Waals surface area contributed by atoms with Crippen LogP contribution in [0, 0.1) is 17.0 Å². The van der Waals surface area contributed by atoms with Crippen molar-refractivity contribution in [1.29, 1.82) is 0 Å². The fourth-order valence-electron chi connectivity index (χ4n) is 2.52. The highest BCUT2D eigenvalue weighted by Crippen LogP contribution is 2.22. The van der Waals surface area contributed by atoms with Gasteiger partial charge in [-0.1, -0.05) is 23.8 Å². The lowest BCUT2D eigenvalue weighted by Gasteiger charge is -2.10. The Labute approximate surface area is 171 Å². The standard InChI is InChI=1S/C20H18N4O6/c1-12-6-8-14(9-7-12)20-23-22-19(30-20)13(2)29-17(25)11-21-18(26)15-4-3-5-16(10-15)24(27)28/h3-10,13H,11H2,1-2H3,(H,21,26)/t13-/m0/s1. The maximum absolute atomic E-state index is 12.1. The van der Waals surface area contributed by atoms with Gasteiger partial charge in [-0.2, -0.15) is 0 Å². The first-order valence-electron chi connectivity index (χ1n) is 8.96. The van der Waals surface area contributed by atoms with E-state index < -0.39 is 29.4 Å². The summed E-state index contributed by atoms with van der Waals surface area (Å²) in [5, 5.41) is 21.0. The van der Waals surface area contributed by atoms with Gasteiger partial charge in [-0.25, -0.2) is 0 Å². The summed E-state index contributed by atoms with van der Waals surface area (Å²) in [7, 11) is 0. The van der Waals surface area contributed by atoms with Gasteiger partial charge in [-0.3, -0.25) is 19.7 Å². The van der Waals surface area contributed by atoms with Crippen molar-refractivity contribution in [2.45, 2.75) is 20.0 Å². The van der Waals surface area contributed by atoms with Crippen molar-refractivity contribution >= 4 is 17.6 Å². The zero-order chi connectivity index (χ0) is 21.7. The molecular weight excluding hydrogens is 392 g/mol. The van der Waals surface area contributed by atoms with Gasteiger partial charge in [-0.05, 0) is 32.0 Å². The van der Waals surface area contributed by atoms with Crippen molar-refractivity contribution in [1.82, 2.24) is 15.5 Å². The molecule has 1 amide bonds. The number of non-ortho nitro benzene ring substituents is 1. The van der Waals surface area contributed by atoms with Gasteiger partial charge in [0.2, 0.25) is 5.89 Å². The summed E-state index contributed by atoms with van der Waals surface area (Å²) in [5.74, 6) is -0.949. The van der Waals surface area contributed by atoms with E-state index in [1.807, 2.05) is 31.2 Å². The van der Waals surface area contributed by atoms with Crippen molar-refractivity contribution in [2.24, 2.45) is 0 Å². The molecular formula is C20H18N4O6. The monoisotopic (exact) mass is 410 g/mol. The third-order valence-electron chi connectivity index (χ3n) is 4.11. The Morgan fingerprint density at radius 3 is 2.63 bits per heavy atom. The highest BCUT2D eigenvalue weighted by atomic mass is 16.6. The van der Waals surface area contributed by atoms with E-state index in [1.54, 1.807) is 6.92 Å². The van der Waals surface area contributed by atoms with Crippen molar-refractivity contribution in [3.63, 3.8) is 0 Å². The van der Waals surface area contributed by atoms with E-state index >= 15 is 0 Å². The van der Waals surface area contributed by atoms with Crippen molar-refractivity contribution in [3.05, 3.63) is 75.7 Å². The highest BCUT2D eigenvalue weighted by molar-refractivity contribution is 5.96. The van der Waals surface area contributed by atoms with E-state index in [2.05, 4.69) is 15.5 Å². The number of hydrogen-bond donors (Lipinski definition) is 1. The predicted molar refractivity (Wildman–Crippen MR) is 104 cm³/mol. The largest absolute Gasteiger partial charge is 0.451 e. The maximum Gasteiger partial charge on any atom is 0.326 e. The normalized spacial score (nSPS) is 11.5. The molecule has 0 spiro atoms. The van der Waals surface area contributed by atoms with Crippen LogP contribution in [0.5, 0.6) is 0 Å². The number of nitrogens with one attached hydrogen (secondary N) is 1. The first kappa shape index (κ1) is 20.6. The summed E-state index contributed by atoms with van der Waals surface area (Å²) in [6, 6.07) is 12.7. The number of amides is 1. The van der Waals surface area contributed by atoms with Crippen LogP contribution in [0.2, 0.25) is 0 Å². The molecule has 1 aromatic heterocycles. The molecule has 1 N–H and O–H groups in total. The minimum Gasteiger partial charge on any atom is -0.451 e. The molecule has 1 atom stereocenters. The third-order valence-corrected chi connectivity index (χ3v) is 4.11. The minimum absolute atomic E-state index is 0.0599. The predicted octanol–water partition coefficient (Wildman–Crippen LogP) is 2.99. The molecule has 3 rings (SSSR count). The van der Waals surface area contributed by atoms with Crippen LogP contribution in [0.1, 0.15) is 34.8 Å². The van der Waals surface area contributed by atoms with Crippen LogP contribution in [0.3, 0.4) is 0 Å². The molecule has 0 saturated heterocycles. The van der Waals surface area contributed by atoms with Gasteiger partial charge in [0.1, 0.15) is 6.54 Å². The zero-order valence-electron chi connectivity index (χ0n) is 16.2. The SMILES string of the molecule is Cc1ccc(-c2nnc([C@H](C)OC(=O)CNC(=O)c3cccc([N+](=O)[O-])c3)o2)cc1. The molecule has 0 radical (unpaired) electrons. The van der Waals surface area contributed by atoms with E-state index in [9.17, 15) is 19.7 Å². The molecule has 0 unspecified atom stereocenters. The number of benzene rings is 2. The molecule has 154 valence electrons. The van der Waals surface area contributed by atoms with Crippen LogP contribution in [0.25, 0.3) is 11.5 Å². The van der Waals surface area contributed by atoms with Gasteiger partial charge in [0, 0.05) is 23.3 Å². The topological polar surface area (TPSA) is 137 Å². The second-order valence-corrected chi connectivity index (χ2v) is 6.43. The number of nitro benzene ring substituents is 1. The Kier molecular flexibility index (Phi) is 6.16. The lowest BCUT2D eigenvalue weighted by Crippen LogP contribution is -2.31. The molecule has 0 fully saturated rings. The molecule has 0 aliphatic rings. The van der Waals surface area contributed by atoms with Gasteiger partial charge >= 0.3 is 5.97 Å². The van der Waals surface area contributed by atoms with E-state index in [0.717, 1.165) is 17.2 Å². The molecule has 3 aromatic rings. The first-order valence-corrected chi connectivity index (χ1v) is 8.96. The fourth-order valence-corrected chi connectivity index (χ4v) is 2.52. The maximum atomic E-state index is 12.1. The molecule has 0 saturated carbocycles. The number of esters is 1. The lowest BCUT2D eigenvalue weighted by molar-refractivity contribution is -0.384. The smallest absolute Gasteiger partial charge is 0.326 e. The number of carbonyl (C=O) groups is 2. The second kappa shape index (κ2) is 8.95. The molecule has 0 aliphatic heterocycles. The third kappa shape index (κ3) is 5.04. The molecule has 30 heavy (non-hydrogen) atoms. The van der Waals surface area contributed by atoms with Crippen molar-refractivity contribution < 1.29 is 23.7 Å². The number of rotatable bonds is 7. The van der Waals surface area contributed by atoms with Crippen molar-refractivity contribution in [2.75, 3.05) is 6.54 Å². The molecule has 1 heterocycles. The van der Waals surface area contributed by atoms with E-state index in [4.69, 9.17) is 9.15 Å². The highest BCUT2D eigenvalue weighted by Gasteiger charge is 2.20. The number of carbonyl (C=O) groups excluding carboxylic acids is 2. The Balaban J connectivity index is 1.55. The van der Waals surface area contributed by atoms with Crippen LogP contribution >= 0.6 is 0 Å². The van der Waals surface area contributed by atoms with Crippen LogP contribution < -0.4 is 5.32 Å². The number of aryl methyl sites for hydroxylation is 1. The Hall–Kier alpha value is -4.08. The summed E-state index contributed by atoms with van der Waals surface area (Å²) in [6.45, 7) is 3.10. The minimum atomic E-state index is -0.820. The summed E-state index contributed by atoms with van der Waals surface area (Å²) >= 11 is 0. The number of aromatic nitrogens is 2. The van der Waals surface area contributed by atoms with E-state index in [0.29, 0.717) is 5.89 Å². The van der Waals surface area contributed by atoms with Crippen LogP contribution in [-0.2, 0) is 9.53 Å². The number of nitrogens with zero attached hydrogens (tertiary/aromatic N) is 3. The average Bonchev–Trinajstić information content (AvgIpc) is 3.23. The molecule has 0 bridgehead atoms. The van der Waals surface area contributed by atoms with Crippen molar-refractivity contribution in [3.8, 4) is 11.5 Å². The van der Waals surface area contributed by atoms with Gasteiger partial charge in [0.15, 0.2) is 6.10 Å². The lowest BCUT2D eigenvalue weighted by atomic mass is 10.1. The Morgan fingerprint density at radius 2 is 1.93 bits per heavy atom. The summed E-state index contributed by atoms with van der Waals surface area (Å²) in [5.41, 5.74) is 1.67. The zero-order valence-corrected chi connectivity index (χ0v) is 16.2. The molecule has 2 aromatic carbocycles. The number of nitro groups is 1. The van der Waals surface area contributed by atoms with E-state index in [1.165, 1.54) is 18.2 Å². The summed E-state index contributed by atoms with van der Waals surface area (Å²) in [4.78, 5) is 34.3. The average molecular weight is 410 g/mol. The number of hydrogen-bond acceptors (Lipinski definition) is 8. The fraction of sp³-hybridized carbons (Fsp3) is 0.200. The van der Waals surface area contributed by atoms with Crippen LogP contribution in [0.4, 0.5) is 5.69 Å². The van der Waals surface area contributed by atoms with Gasteiger partial charge in [0.25, 0.3) is 17.5 Å². The Morgan fingerprint density at radius 1 is 1.20 bits per heavy atom. The van der Waals surface area contributed by atoms with Gasteiger partial charge < -0.3 is 14.5 Å². The summed E-state index contributed by atoms with van der Waals surface area (Å²) in [6.07, 6.45) is -0.820. The quantitative estimate of drug-likeness (QED) is 0.356. The molecule has 10 heteroatoms. The van der Waals surface area contributed by atoms with E-state index in [-0.39, 0.29) is 17.1 Å². The van der Waals surface area contributed by atoms with Crippen LogP contribution in [0.15, 0.2) is 52.9 Å². The summed E-state index contributed by atoms with van der Waals surface area (Å²) < 4.78 is 10.7. The van der Waals surface area contributed by atoms with Gasteiger partial charge in [-0.15, -0.1) is 10.2 Å². The van der Waals surface area contributed by atoms with Crippen LogP contribution in [-0.4, -0.2) is 33.5 Å². The second-order valence-electron chi connectivity index (χ2n) is 6.43. The van der Waals surface area contributed by atoms with Gasteiger partial charge in [0.05, 0.1) is 4.92 Å². The molecule has 10 nitrogen and oxygen atoms in total. The molecule has 0 aliphatic carbocycles. The number of ether oxygens (including phenoxy) is 1.